The van der Waals surface area contributed by atoms with Gasteiger partial charge in [-0.15, -0.1) is 11.3 Å². The Balaban J connectivity index is 1.58. The fraction of sp³-hybridized carbons (Fsp3) is 0.444. The van der Waals surface area contributed by atoms with Crippen molar-refractivity contribution in [3.05, 3.63) is 52.0 Å². The Morgan fingerprint density at radius 1 is 1.33 bits per heavy atom. The molecule has 2 heterocycles. The number of aromatic nitrogens is 1. The third-order valence-electron chi connectivity index (χ3n) is 3.86. The Morgan fingerprint density at radius 3 is 2.92 bits per heavy atom. The van der Waals surface area contributed by atoms with Crippen LogP contribution in [-0.4, -0.2) is 30.2 Å². The lowest BCUT2D eigenvalue weighted by molar-refractivity contribution is 0.114. The number of benzene rings is 1. The first-order valence-electron chi connectivity index (χ1n) is 8.38. The molecule has 0 radical (unpaired) electrons. The molecule has 0 bridgehead atoms. The van der Waals surface area contributed by atoms with E-state index in [0.29, 0.717) is 13.1 Å². The second-order valence-corrected chi connectivity index (χ2v) is 6.85. The molecule has 0 aliphatic carbocycles. The van der Waals surface area contributed by atoms with Crippen LogP contribution in [0.15, 0.2) is 40.7 Å². The van der Waals surface area contributed by atoms with Gasteiger partial charge in [-0.3, -0.25) is 0 Å². The lowest BCUT2D eigenvalue weighted by Gasteiger charge is -2.15. The van der Waals surface area contributed by atoms with Gasteiger partial charge in [0.2, 0.25) is 0 Å². The summed E-state index contributed by atoms with van der Waals surface area (Å²) in [6, 6.07) is 10.3. The average Bonchev–Trinajstić information content (AvgIpc) is 3.27. The number of hydrogen-bond donors (Lipinski definition) is 2. The summed E-state index contributed by atoms with van der Waals surface area (Å²) < 4.78 is 5.68. The Morgan fingerprint density at radius 2 is 2.21 bits per heavy atom. The first-order chi connectivity index (χ1) is 11.8. The van der Waals surface area contributed by atoms with Crippen molar-refractivity contribution in [1.29, 1.82) is 0 Å². The molecule has 128 valence electrons. The highest BCUT2D eigenvalue weighted by atomic mass is 32.1. The lowest BCUT2D eigenvalue weighted by atomic mass is 10.2. The average molecular weight is 344 g/mol. The van der Waals surface area contributed by atoms with E-state index in [2.05, 4.69) is 33.1 Å². The number of rotatable bonds is 6. The van der Waals surface area contributed by atoms with E-state index in [1.807, 2.05) is 25.1 Å². The molecule has 5 nitrogen and oxygen atoms in total. The first kappa shape index (κ1) is 16.9. The summed E-state index contributed by atoms with van der Waals surface area (Å²) in [6.45, 7) is 5.01. The quantitative estimate of drug-likeness (QED) is 0.625. The molecule has 6 heteroatoms. The Kier molecular flexibility index (Phi) is 6.20. The van der Waals surface area contributed by atoms with Gasteiger partial charge in [0, 0.05) is 24.2 Å². The third kappa shape index (κ3) is 5.32. The second-order valence-electron chi connectivity index (χ2n) is 5.90. The molecule has 3 rings (SSSR count). The molecular formula is C18H24N4OS. The topological polar surface area (TPSA) is 58.5 Å². The van der Waals surface area contributed by atoms with Crippen molar-refractivity contribution in [3.63, 3.8) is 0 Å². The fourth-order valence-corrected chi connectivity index (χ4v) is 3.30. The van der Waals surface area contributed by atoms with Crippen LogP contribution in [0.3, 0.4) is 0 Å². The van der Waals surface area contributed by atoms with E-state index in [9.17, 15) is 0 Å². The standard InChI is InChI=1S/C18H24N4OS/c1-14-13-24-17(22-14)12-21-18(20-11-16-8-5-9-23-16)19-10-15-6-3-2-4-7-15/h2-4,6-7,13,16H,5,8-12H2,1H3,(H2,19,20,21)/t16-/m0/s1. The maximum atomic E-state index is 5.68. The number of aryl methyl sites for hydroxylation is 1. The van der Waals surface area contributed by atoms with Crippen LogP contribution in [0, 0.1) is 6.92 Å². The van der Waals surface area contributed by atoms with Crippen molar-refractivity contribution in [2.45, 2.75) is 39.0 Å². The Bertz CT molecular complexity index is 650. The van der Waals surface area contributed by atoms with E-state index in [-0.39, 0.29) is 6.10 Å². The van der Waals surface area contributed by atoms with E-state index in [0.717, 1.165) is 42.7 Å². The van der Waals surface area contributed by atoms with E-state index >= 15 is 0 Å². The second kappa shape index (κ2) is 8.80. The summed E-state index contributed by atoms with van der Waals surface area (Å²) >= 11 is 1.67. The molecule has 1 fully saturated rings. The summed E-state index contributed by atoms with van der Waals surface area (Å²) in [5.41, 5.74) is 2.26. The molecule has 2 aromatic rings. The molecule has 1 aromatic heterocycles. The largest absolute Gasteiger partial charge is 0.376 e. The normalized spacial score (nSPS) is 17.9. The SMILES string of the molecule is Cc1csc(CNC(=NCc2ccccc2)NC[C@@H]2CCCO2)n1. The van der Waals surface area contributed by atoms with Gasteiger partial charge in [0.05, 0.1) is 19.2 Å². The molecule has 0 saturated carbocycles. The summed E-state index contributed by atoms with van der Waals surface area (Å²) in [5.74, 6) is 0.808. The van der Waals surface area contributed by atoms with Crippen molar-refractivity contribution in [3.8, 4) is 0 Å². The number of aliphatic imine (C=N–C) groups is 1. The number of ether oxygens (including phenoxy) is 1. The zero-order chi connectivity index (χ0) is 16.6. The number of nitrogens with one attached hydrogen (secondary N) is 2. The van der Waals surface area contributed by atoms with Crippen LogP contribution in [-0.2, 0) is 17.8 Å². The van der Waals surface area contributed by atoms with Gasteiger partial charge in [-0.05, 0) is 25.3 Å². The van der Waals surface area contributed by atoms with E-state index < -0.39 is 0 Å². The zero-order valence-electron chi connectivity index (χ0n) is 14.0. The Hall–Kier alpha value is -1.92. The number of hydrogen-bond acceptors (Lipinski definition) is 4. The zero-order valence-corrected chi connectivity index (χ0v) is 14.8. The van der Waals surface area contributed by atoms with Gasteiger partial charge in [0.25, 0.3) is 0 Å². The lowest BCUT2D eigenvalue weighted by Crippen LogP contribution is -2.40. The molecule has 1 aliphatic heterocycles. The van der Waals surface area contributed by atoms with Gasteiger partial charge in [-0.1, -0.05) is 30.3 Å². The summed E-state index contributed by atoms with van der Waals surface area (Å²) in [7, 11) is 0. The Labute approximate surface area is 147 Å². The van der Waals surface area contributed by atoms with Crippen LogP contribution in [0.4, 0.5) is 0 Å². The van der Waals surface area contributed by atoms with Gasteiger partial charge in [-0.25, -0.2) is 9.98 Å². The maximum Gasteiger partial charge on any atom is 0.192 e. The van der Waals surface area contributed by atoms with Crippen molar-refractivity contribution in [1.82, 2.24) is 15.6 Å². The van der Waals surface area contributed by atoms with Gasteiger partial charge >= 0.3 is 0 Å². The molecule has 0 spiro atoms. The first-order valence-corrected chi connectivity index (χ1v) is 9.26. The predicted molar refractivity (Wildman–Crippen MR) is 98.2 cm³/mol. The highest BCUT2D eigenvalue weighted by molar-refractivity contribution is 7.09. The number of guanidine groups is 1. The van der Waals surface area contributed by atoms with Gasteiger partial charge in [0.1, 0.15) is 5.01 Å². The van der Waals surface area contributed by atoms with Crippen molar-refractivity contribution in [2.24, 2.45) is 4.99 Å². The highest BCUT2D eigenvalue weighted by Crippen LogP contribution is 2.11. The molecule has 2 N–H and O–H groups in total. The third-order valence-corrected chi connectivity index (χ3v) is 4.82. The molecule has 1 saturated heterocycles. The van der Waals surface area contributed by atoms with Crippen molar-refractivity contribution in [2.75, 3.05) is 13.2 Å². The van der Waals surface area contributed by atoms with Crippen molar-refractivity contribution >= 4 is 17.3 Å². The molecule has 1 aromatic carbocycles. The van der Waals surface area contributed by atoms with Crippen molar-refractivity contribution < 1.29 is 4.74 Å². The van der Waals surface area contributed by atoms with Crippen LogP contribution >= 0.6 is 11.3 Å². The maximum absolute atomic E-state index is 5.68. The number of thiazole rings is 1. The van der Waals surface area contributed by atoms with E-state index in [1.165, 1.54) is 5.56 Å². The molecule has 1 aliphatic rings. The fourth-order valence-electron chi connectivity index (χ4n) is 2.59. The highest BCUT2D eigenvalue weighted by Gasteiger charge is 2.15. The van der Waals surface area contributed by atoms with Gasteiger partial charge in [-0.2, -0.15) is 0 Å². The molecule has 1 atom stereocenters. The van der Waals surface area contributed by atoms with Crippen LogP contribution in [0.5, 0.6) is 0 Å². The summed E-state index contributed by atoms with van der Waals surface area (Å²) in [5, 5.41) is 9.91. The minimum Gasteiger partial charge on any atom is -0.376 e. The minimum absolute atomic E-state index is 0.288. The van der Waals surface area contributed by atoms with Crippen LogP contribution in [0.1, 0.15) is 29.1 Å². The molecular weight excluding hydrogens is 320 g/mol. The summed E-state index contributed by atoms with van der Waals surface area (Å²) in [6.07, 6.45) is 2.55. The van der Waals surface area contributed by atoms with E-state index in [1.54, 1.807) is 11.3 Å². The smallest absolute Gasteiger partial charge is 0.192 e. The summed E-state index contributed by atoms with van der Waals surface area (Å²) in [4.78, 5) is 9.18. The molecule has 24 heavy (non-hydrogen) atoms. The van der Waals surface area contributed by atoms with E-state index in [4.69, 9.17) is 9.73 Å². The molecule has 0 amide bonds. The van der Waals surface area contributed by atoms with Gasteiger partial charge in [0.15, 0.2) is 5.96 Å². The predicted octanol–water partition coefficient (Wildman–Crippen LogP) is 2.87. The minimum atomic E-state index is 0.288. The van der Waals surface area contributed by atoms with Crippen LogP contribution in [0.25, 0.3) is 0 Å². The monoisotopic (exact) mass is 344 g/mol. The van der Waals surface area contributed by atoms with Crippen LogP contribution < -0.4 is 10.6 Å². The van der Waals surface area contributed by atoms with Gasteiger partial charge < -0.3 is 15.4 Å². The number of nitrogens with zero attached hydrogens (tertiary/aromatic N) is 2. The molecule has 0 unspecified atom stereocenters. The van der Waals surface area contributed by atoms with Crippen LogP contribution in [0.2, 0.25) is 0 Å².